The minimum Gasteiger partial charge on any atom is -0.329 e. The van der Waals surface area contributed by atoms with Crippen molar-refractivity contribution in [3.63, 3.8) is 0 Å². The number of likely N-dealkylation sites (N-methyl/N-ethyl adjacent to an activating group) is 1. The van der Waals surface area contributed by atoms with Crippen molar-refractivity contribution in [3.8, 4) is 0 Å². The van der Waals surface area contributed by atoms with Crippen molar-refractivity contribution in [3.05, 3.63) is 35.4 Å². The van der Waals surface area contributed by atoms with Crippen LogP contribution in [0.5, 0.6) is 0 Å². The summed E-state index contributed by atoms with van der Waals surface area (Å²) in [6, 6.07) is 10.1. The van der Waals surface area contributed by atoms with E-state index in [2.05, 4.69) is 48.0 Å². The van der Waals surface area contributed by atoms with Crippen molar-refractivity contribution in [2.75, 3.05) is 33.2 Å². The van der Waals surface area contributed by atoms with E-state index in [9.17, 15) is 0 Å². The Morgan fingerprint density at radius 2 is 2.00 bits per heavy atom. The maximum Gasteiger partial charge on any atom is 0.0474 e. The van der Waals surface area contributed by atoms with E-state index in [1.165, 1.54) is 24.8 Å². The molecule has 2 unspecified atom stereocenters. The topological polar surface area (TPSA) is 32.5 Å². The molecule has 1 saturated carbocycles. The lowest BCUT2D eigenvalue weighted by Gasteiger charge is -2.43. The highest BCUT2D eigenvalue weighted by Crippen LogP contribution is 2.43. The summed E-state index contributed by atoms with van der Waals surface area (Å²) in [5.74, 6) is 0.796. The van der Waals surface area contributed by atoms with E-state index in [1.54, 1.807) is 5.56 Å². The van der Waals surface area contributed by atoms with Crippen LogP contribution in [0.3, 0.4) is 0 Å². The van der Waals surface area contributed by atoms with E-state index in [-0.39, 0.29) is 0 Å². The molecule has 2 aliphatic rings. The molecule has 0 spiro atoms. The van der Waals surface area contributed by atoms with Gasteiger partial charge in [0.15, 0.2) is 0 Å². The number of piperazine rings is 1. The quantitative estimate of drug-likeness (QED) is 0.903. The van der Waals surface area contributed by atoms with Crippen LogP contribution >= 0.6 is 0 Å². The van der Waals surface area contributed by atoms with Gasteiger partial charge in [-0.3, -0.25) is 4.90 Å². The molecule has 116 valence electrons. The van der Waals surface area contributed by atoms with Gasteiger partial charge in [0.2, 0.25) is 0 Å². The maximum absolute atomic E-state index is 6.19. The van der Waals surface area contributed by atoms with Crippen LogP contribution < -0.4 is 5.73 Å². The lowest BCUT2D eigenvalue weighted by atomic mass is 9.94. The number of rotatable bonds is 5. The fraction of sp³-hybridized carbons (Fsp3) is 0.667. The zero-order chi connectivity index (χ0) is 14.8. The summed E-state index contributed by atoms with van der Waals surface area (Å²) in [7, 11) is 2.25. The first-order chi connectivity index (χ1) is 10.2. The summed E-state index contributed by atoms with van der Waals surface area (Å²) in [4.78, 5) is 5.12. The van der Waals surface area contributed by atoms with Crippen molar-refractivity contribution < 1.29 is 0 Å². The van der Waals surface area contributed by atoms with Gasteiger partial charge in [-0.25, -0.2) is 0 Å². The van der Waals surface area contributed by atoms with Crippen LogP contribution in [0, 0.1) is 0 Å². The first-order valence-electron chi connectivity index (χ1n) is 8.47. The van der Waals surface area contributed by atoms with E-state index in [0.717, 1.165) is 32.1 Å². The molecule has 1 heterocycles. The van der Waals surface area contributed by atoms with Crippen LogP contribution in [-0.4, -0.2) is 49.1 Å². The van der Waals surface area contributed by atoms with Gasteiger partial charge in [-0.1, -0.05) is 31.2 Å². The molecule has 0 amide bonds. The predicted molar refractivity (Wildman–Crippen MR) is 88.5 cm³/mol. The molecular weight excluding hydrogens is 258 g/mol. The molecule has 0 radical (unpaired) electrons. The van der Waals surface area contributed by atoms with Crippen LogP contribution in [0.4, 0.5) is 0 Å². The molecule has 21 heavy (non-hydrogen) atoms. The summed E-state index contributed by atoms with van der Waals surface area (Å²) in [6.45, 7) is 6.45. The Labute approximate surface area is 129 Å². The molecule has 1 aromatic rings. The summed E-state index contributed by atoms with van der Waals surface area (Å²) >= 11 is 0. The fourth-order valence-corrected chi connectivity index (χ4v) is 3.75. The van der Waals surface area contributed by atoms with Crippen LogP contribution in [0.15, 0.2) is 24.3 Å². The van der Waals surface area contributed by atoms with Crippen LogP contribution in [0.2, 0.25) is 0 Å². The molecular formula is C18H29N3. The molecule has 0 bridgehead atoms. The Hall–Kier alpha value is -0.900. The maximum atomic E-state index is 6.19. The summed E-state index contributed by atoms with van der Waals surface area (Å²) < 4.78 is 0. The number of hydrogen-bond donors (Lipinski definition) is 1. The van der Waals surface area contributed by atoms with Gasteiger partial charge >= 0.3 is 0 Å². The molecule has 1 saturated heterocycles. The molecule has 2 atom stereocenters. The van der Waals surface area contributed by atoms with E-state index in [0.29, 0.717) is 12.1 Å². The second-order valence-corrected chi connectivity index (χ2v) is 6.69. The predicted octanol–water partition coefficient (Wildman–Crippen LogP) is 2.59. The average Bonchev–Trinajstić information content (AvgIpc) is 3.35. The van der Waals surface area contributed by atoms with E-state index in [1.807, 2.05) is 0 Å². The summed E-state index contributed by atoms with van der Waals surface area (Å²) in [5, 5.41) is 0. The minimum absolute atomic E-state index is 0.393. The Kier molecular flexibility index (Phi) is 4.63. The van der Waals surface area contributed by atoms with Crippen LogP contribution in [0.1, 0.15) is 49.3 Å². The fourth-order valence-electron chi connectivity index (χ4n) is 3.75. The first kappa shape index (κ1) is 15.0. The molecule has 3 rings (SSSR count). The normalized spacial score (nSPS) is 26.0. The number of nitrogens with two attached hydrogens (primary N) is 1. The molecule has 2 N–H and O–H groups in total. The SMILES string of the molecule is CCC1CN(C(CN)c2ccccc2C2CC2)CCN1C. The molecule has 0 aromatic heterocycles. The van der Waals surface area contributed by atoms with Crippen molar-refractivity contribution in [1.29, 1.82) is 0 Å². The number of nitrogens with zero attached hydrogens (tertiary/aromatic N) is 2. The molecule has 1 aliphatic heterocycles. The van der Waals surface area contributed by atoms with E-state index < -0.39 is 0 Å². The van der Waals surface area contributed by atoms with E-state index in [4.69, 9.17) is 5.73 Å². The Bertz CT molecular complexity index is 469. The lowest BCUT2D eigenvalue weighted by molar-refractivity contribution is 0.0641. The Balaban J connectivity index is 1.82. The molecule has 1 aliphatic carbocycles. The number of hydrogen-bond acceptors (Lipinski definition) is 3. The summed E-state index contributed by atoms with van der Waals surface area (Å²) in [6.07, 6.45) is 3.93. The highest BCUT2D eigenvalue weighted by molar-refractivity contribution is 5.36. The highest BCUT2D eigenvalue weighted by atomic mass is 15.3. The van der Waals surface area contributed by atoms with E-state index >= 15 is 0 Å². The summed E-state index contributed by atoms with van der Waals surface area (Å²) in [5.41, 5.74) is 9.23. The molecule has 3 nitrogen and oxygen atoms in total. The van der Waals surface area contributed by atoms with Crippen molar-refractivity contribution in [2.24, 2.45) is 5.73 Å². The second kappa shape index (κ2) is 6.47. The smallest absolute Gasteiger partial charge is 0.0474 e. The zero-order valence-corrected chi connectivity index (χ0v) is 13.5. The largest absolute Gasteiger partial charge is 0.329 e. The van der Waals surface area contributed by atoms with Crippen molar-refractivity contribution in [1.82, 2.24) is 9.80 Å². The third kappa shape index (κ3) is 3.15. The van der Waals surface area contributed by atoms with Gasteiger partial charge in [0.25, 0.3) is 0 Å². The average molecular weight is 287 g/mol. The van der Waals surface area contributed by atoms with Crippen LogP contribution in [-0.2, 0) is 0 Å². The van der Waals surface area contributed by atoms with Crippen LogP contribution in [0.25, 0.3) is 0 Å². The molecule has 1 aromatic carbocycles. The Morgan fingerprint density at radius 1 is 1.24 bits per heavy atom. The van der Waals surface area contributed by atoms with Crippen molar-refractivity contribution >= 4 is 0 Å². The van der Waals surface area contributed by atoms with Gasteiger partial charge in [0.05, 0.1) is 0 Å². The third-order valence-electron chi connectivity index (χ3n) is 5.32. The van der Waals surface area contributed by atoms with Crippen molar-refractivity contribution in [2.45, 2.75) is 44.2 Å². The second-order valence-electron chi connectivity index (χ2n) is 6.69. The zero-order valence-electron chi connectivity index (χ0n) is 13.5. The molecule has 2 fully saturated rings. The van der Waals surface area contributed by atoms with Gasteiger partial charge in [-0.05, 0) is 43.4 Å². The van der Waals surface area contributed by atoms with Gasteiger partial charge < -0.3 is 10.6 Å². The lowest BCUT2D eigenvalue weighted by Crippen LogP contribution is -2.53. The Morgan fingerprint density at radius 3 is 2.67 bits per heavy atom. The monoisotopic (exact) mass is 287 g/mol. The standard InChI is InChI=1S/C18H29N3/c1-3-15-13-21(11-10-20(15)2)18(12-19)17-7-5-4-6-16(17)14-8-9-14/h4-7,14-15,18H,3,8-13,19H2,1-2H3. The van der Waals surface area contributed by atoms with Gasteiger partial charge in [-0.2, -0.15) is 0 Å². The third-order valence-corrected chi connectivity index (χ3v) is 5.32. The van der Waals surface area contributed by atoms with Gasteiger partial charge in [0, 0.05) is 38.3 Å². The highest BCUT2D eigenvalue weighted by Gasteiger charge is 2.32. The first-order valence-corrected chi connectivity index (χ1v) is 8.47. The van der Waals surface area contributed by atoms with Gasteiger partial charge in [0.1, 0.15) is 0 Å². The number of benzene rings is 1. The minimum atomic E-state index is 0.393. The van der Waals surface area contributed by atoms with Gasteiger partial charge in [-0.15, -0.1) is 0 Å². The molecule has 3 heteroatoms.